The van der Waals surface area contributed by atoms with E-state index in [1.807, 2.05) is 18.0 Å². The molecule has 1 saturated heterocycles. The van der Waals surface area contributed by atoms with Crippen molar-refractivity contribution in [2.75, 3.05) is 26.0 Å². The molecule has 1 fully saturated rings. The van der Waals surface area contributed by atoms with Gasteiger partial charge in [0.25, 0.3) is 0 Å². The normalized spacial score (nSPS) is 21.5. The van der Waals surface area contributed by atoms with Crippen molar-refractivity contribution in [3.8, 4) is 0 Å². The Morgan fingerprint density at radius 2 is 2.32 bits per heavy atom. The Hall–Kier alpha value is -0.520. The number of nitrogens with zero attached hydrogens (tertiary/aromatic N) is 2. The first-order valence-electron chi connectivity index (χ1n) is 7.20. The summed E-state index contributed by atoms with van der Waals surface area (Å²) in [5, 5.41) is 8.10. The molecule has 19 heavy (non-hydrogen) atoms. The van der Waals surface area contributed by atoms with Crippen molar-refractivity contribution in [2.24, 2.45) is 0 Å². The number of nitrogens with one attached hydrogen (secondary N) is 1. The summed E-state index contributed by atoms with van der Waals surface area (Å²) < 4.78 is 8.02. The van der Waals surface area contributed by atoms with Crippen molar-refractivity contribution in [3.05, 3.63) is 17.5 Å². The standard InChI is InChI=1S/C14H23N3OS/c1-19-14(4-7-18-8-5-14)11-15-9-12-10-16-17-6-2-3-13(12)17/h10,15H,2-9,11H2,1H3. The first-order chi connectivity index (χ1) is 9.33. The second-order valence-electron chi connectivity index (χ2n) is 5.55. The molecule has 0 bridgehead atoms. The van der Waals surface area contributed by atoms with Gasteiger partial charge in [-0.1, -0.05) is 0 Å². The summed E-state index contributed by atoms with van der Waals surface area (Å²) in [5.74, 6) is 0. The Bertz CT molecular complexity index is 426. The monoisotopic (exact) mass is 281 g/mol. The molecule has 0 unspecified atom stereocenters. The van der Waals surface area contributed by atoms with Gasteiger partial charge >= 0.3 is 0 Å². The highest BCUT2D eigenvalue weighted by Gasteiger charge is 2.31. The average molecular weight is 281 g/mol. The Balaban J connectivity index is 1.54. The van der Waals surface area contributed by atoms with Crippen molar-refractivity contribution in [2.45, 2.75) is 43.5 Å². The fourth-order valence-electron chi connectivity index (χ4n) is 3.10. The van der Waals surface area contributed by atoms with Crippen molar-refractivity contribution in [1.29, 1.82) is 0 Å². The van der Waals surface area contributed by atoms with E-state index in [-0.39, 0.29) is 0 Å². The van der Waals surface area contributed by atoms with Gasteiger partial charge in [0.05, 0.1) is 6.20 Å². The predicted octanol–water partition coefficient (Wildman–Crippen LogP) is 1.83. The Morgan fingerprint density at radius 3 is 3.11 bits per heavy atom. The number of aromatic nitrogens is 2. The van der Waals surface area contributed by atoms with E-state index in [1.165, 1.54) is 24.1 Å². The maximum absolute atomic E-state index is 5.48. The molecule has 1 aromatic rings. The van der Waals surface area contributed by atoms with E-state index >= 15 is 0 Å². The van der Waals surface area contributed by atoms with Gasteiger partial charge in [0.15, 0.2) is 0 Å². The van der Waals surface area contributed by atoms with Gasteiger partial charge in [0.1, 0.15) is 0 Å². The number of thioether (sulfide) groups is 1. The number of aryl methyl sites for hydroxylation is 1. The van der Waals surface area contributed by atoms with Crippen molar-refractivity contribution in [1.82, 2.24) is 15.1 Å². The third kappa shape index (κ3) is 2.83. The summed E-state index contributed by atoms with van der Waals surface area (Å²) in [6.07, 6.45) is 9.03. The predicted molar refractivity (Wildman–Crippen MR) is 78.6 cm³/mol. The topological polar surface area (TPSA) is 39.1 Å². The second kappa shape index (κ2) is 5.85. The number of fused-ring (bicyclic) bond motifs is 1. The molecule has 3 heterocycles. The highest BCUT2D eigenvalue weighted by Crippen LogP contribution is 2.33. The minimum absolute atomic E-state index is 0.370. The van der Waals surface area contributed by atoms with E-state index in [0.717, 1.165) is 45.7 Å². The lowest BCUT2D eigenvalue weighted by atomic mass is 9.99. The van der Waals surface area contributed by atoms with Crippen LogP contribution in [0.25, 0.3) is 0 Å². The highest BCUT2D eigenvalue weighted by atomic mass is 32.2. The van der Waals surface area contributed by atoms with Crippen molar-refractivity contribution >= 4 is 11.8 Å². The summed E-state index contributed by atoms with van der Waals surface area (Å²) in [4.78, 5) is 0. The zero-order valence-corrected chi connectivity index (χ0v) is 12.5. The first-order valence-corrected chi connectivity index (χ1v) is 8.43. The zero-order chi connectivity index (χ0) is 13.1. The molecule has 2 aliphatic rings. The van der Waals surface area contributed by atoms with Crippen LogP contribution in [0.1, 0.15) is 30.5 Å². The summed E-state index contributed by atoms with van der Waals surface area (Å²) in [6.45, 7) is 4.94. The number of rotatable bonds is 5. The molecular weight excluding hydrogens is 258 g/mol. The van der Waals surface area contributed by atoms with Crippen LogP contribution >= 0.6 is 11.8 Å². The smallest absolute Gasteiger partial charge is 0.0537 e. The molecule has 0 spiro atoms. The van der Waals surface area contributed by atoms with Gasteiger partial charge in [-0.3, -0.25) is 4.68 Å². The number of hydrogen-bond acceptors (Lipinski definition) is 4. The summed E-state index contributed by atoms with van der Waals surface area (Å²) >= 11 is 1.99. The molecular formula is C14H23N3OS. The summed E-state index contributed by atoms with van der Waals surface area (Å²) in [6, 6.07) is 0. The van der Waals surface area contributed by atoms with E-state index in [2.05, 4.69) is 21.4 Å². The minimum atomic E-state index is 0.370. The van der Waals surface area contributed by atoms with Crippen LogP contribution in [0.4, 0.5) is 0 Å². The van der Waals surface area contributed by atoms with Crippen molar-refractivity contribution in [3.63, 3.8) is 0 Å². The van der Waals surface area contributed by atoms with Gasteiger partial charge in [0.2, 0.25) is 0 Å². The minimum Gasteiger partial charge on any atom is -0.381 e. The molecule has 0 radical (unpaired) electrons. The fraction of sp³-hybridized carbons (Fsp3) is 0.786. The van der Waals surface area contributed by atoms with Crippen molar-refractivity contribution < 1.29 is 4.74 Å². The number of hydrogen-bond donors (Lipinski definition) is 1. The quantitative estimate of drug-likeness (QED) is 0.894. The van der Waals surface area contributed by atoms with Crippen LogP contribution in [0.3, 0.4) is 0 Å². The highest BCUT2D eigenvalue weighted by molar-refractivity contribution is 8.00. The molecule has 4 nitrogen and oxygen atoms in total. The van der Waals surface area contributed by atoms with Crippen LogP contribution in [-0.2, 0) is 24.2 Å². The van der Waals surface area contributed by atoms with Gasteiger partial charge in [0, 0.05) is 48.9 Å². The fourth-order valence-corrected chi connectivity index (χ4v) is 3.92. The Morgan fingerprint density at radius 1 is 1.47 bits per heavy atom. The van der Waals surface area contributed by atoms with E-state index < -0.39 is 0 Å². The summed E-state index contributed by atoms with van der Waals surface area (Å²) in [7, 11) is 0. The lowest BCUT2D eigenvalue weighted by Crippen LogP contribution is -2.42. The largest absolute Gasteiger partial charge is 0.381 e. The SMILES string of the molecule is CSC1(CNCc2cnn3c2CCC3)CCOCC1. The molecule has 5 heteroatoms. The molecule has 3 rings (SSSR count). The molecule has 0 saturated carbocycles. The third-order valence-corrected chi connectivity index (χ3v) is 5.84. The third-order valence-electron chi connectivity index (χ3n) is 4.42. The second-order valence-corrected chi connectivity index (χ2v) is 6.82. The lowest BCUT2D eigenvalue weighted by Gasteiger charge is -2.35. The van der Waals surface area contributed by atoms with Crippen LogP contribution < -0.4 is 5.32 Å². The van der Waals surface area contributed by atoms with E-state index in [0.29, 0.717) is 4.75 Å². The molecule has 1 aromatic heterocycles. The molecule has 0 amide bonds. The average Bonchev–Trinajstić information content (AvgIpc) is 3.04. The molecule has 106 valence electrons. The van der Waals surface area contributed by atoms with Gasteiger partial charge in [-0.15, -0.1) is 0 Å². The van der Waals surface area contributed by atoms with Crippen LogP contribution in [0, 0.1) is 0 Å². The van der Waals surface area contributed by atoms with Gasteiger partial charge < -0.3 is 10.1 Å². The molecule has 0 aliphatic carbocycles. The van der Waals surface area contributed by atoms with Crippen LogP contribution in [0.5, 0.6) is 0 Å². The van der Waals surface area contributed by atoms with E-state index in [4.69, 9.17) is 4.74 Å². The molecule has 0 aromatic carbocycles. The zero-order valence-electron chi connectivity index (χ0n) is 11.7. The molecule has 0 atom stereocenters. The molecule has 1 N–H and O–H groups in total. The van der Waals surface area contributed by atoms with Gasteiger partial charge in [-0.2, -0.15) is 16.9 Å². The Kier molecular flexibility index (Phi) is 4.15. The Labute approximate surface area is 119 Å². The van der Waals surface area contributed by atoms with Gasteiger partial charge in [-0.25, -0.2) is 0 Å². The van der Waals surface area contributed by atoms with Gasteiger partial charge in [-0.05, 0) is 31.9 Å². The summed E-state index contributed by atoms with van der Waals surface area (Å²) in [5.41, 5.74) is 2.83. The van der Waals surface area contributed by atoms with Crippen LogP contribution in [0.15, 0.2) is 6.20 Å². The maximum atomic E-state index is 5.48. The maximum Gasteiger partial charge on any atom is 0.0537 e. The number of ether oxygens (including phenoxy) is 1. The molecule has 2 aliphatic heterocycles. The van der Waals surface area contributed by atoms with E-state index in [1.54, 1.807) is 0 Å². The first kappa shape index (κ1) is 13.5. The van der Waals surface area contributed by atoms with Crippen LogP contribution in [-0.4, -0.2) is 40.5 Å². The van der Waals surface area contributed by atoms with Crippen LogP contribution in [0.2, 0.25) is 0 Å². The van der Waals surface area contributed by atoms with E-state index in [9.17, 15) is 0 Å². The lowest BCUT2D eigenvalue weighted by molar-refractivity contribution is 0.0772.